The molecule has 25 heavy (non-hydrogen) atoms. The van der Waals surface area contributed by atoms with Crippen LogP contribution in [0.4, 0.5) is 0 Å². The topological polar surface area (TPSA) is 59.9 Å². The SMILES string of the molecule is O=C1C(Cc2ccc(-c3ccccc3)cc2)=CC(=O)c2ncncc21. The highest BCUT2D eigenvalue weighted by Crippen LogP contribution is 2.24. The van der Waals surface area contributed by atoms with Crippen molar-refractivity contribution in [1.82, 2.24) is 9.97 Å². The van der Waals surface area contributed by atoms with E-state index in [1.807, 2.05) is 42.5 Å². The molecule has 0 bridgehead atoms. The van der Waals surface area contributed by atoms with Gasteiger partial charge in [-0.2, -0.15) is 0 Å². The van der Waals surface area contributed by atoms with E-state index in [2.05, 4.69) is 22.1 Å². The van der Waals surface area contributed by atoms with Crippen molar-refractivity contribution in [1.29, 1.82) is 0 Å². The maximum atomic E-state index is 12.6. The van der Waals surface area contributed by atoms with Gasteiger partial charge in [0.2, 0.25) is 5.78 Å². The molecule has 2 aromatic carbocycles. The largest absolute Gasteiger partial charge is 0.289 e. The van der Waals surface area contributed by atoms with E-state index in [-0.39, 0.29) is 22.8 Å². The summed E-state index contributed by atoms with van der Waals surface area (Å²) >= 11 is 0. The number of rotatable bonds is 3. The van der Waals surface area contributed by atoms with Gasteiger partial charge in [-0.3, -0.25) is 9.59 Å². The molecule has 0 N–H and O–H groups in total. The lowest BCUT2D eigenvalue weighted by atomic mass is 9.90. The van der Waals surface area contributed by atoms with Crippen molar-refractivity contribution in [2.24, 2.45) is 0 Å². The Balaban J connectivity index is 1.59. The Labute approximate surface area is 144 Å². The van der Waals surface area contributed by atoms with Gasteiger partial charge < -0.3 is 0 Å². The Bertz CT molecular complexity index is 990. The summed E-state index contributed by atoms with van der Waals surface area (Å²) in [6, 6.07) is 18.1. The number of benzene rings is 2. The highest BCUT2D eigenvalue weighted by atomic mass is 16.1. The summed E-state index contributed by atoms with van der Waals surface area (Å²) in [6.07, 6.45) is 4.50. The fourth-order valence-corrected chi connectivity index (χ4v) is 2.95. The monoisotopic (exact) mass is 326 g/mol. The molecule has 0 amide bonds. The minimum absolute atomic E-state index is 0.178. The first kappa shape index (κ1) is 15.1. The van der Waals surface area contributed by atoms with Gasteiger partial charge >= 0.3 is 0 Å². The second-order valence-electron chi connectivity index (χ2n) is 5.89. The van der Waals surface area contributed by atoms with Crippen molar-refractivity contribution in [3.8, 4) is 11.1 Å². The molecule has 0 unspecified atom stereocenters. The molecule has 0 saturated heterocycles. The number of fused-ring (bicyclic) bond motifs is 1. The van der Waals surface area contributed by atoms with Crippen LogP contribution in [0.3, 0.4) is 0 Å². The molecule has 4 rings (SSSR count). The van der Waals surface area contributed by atoms with Crippen molar-refractivity contribution in [3.05, 3.63) is 95.6 Å². The minimum atomic E-state index is -0.243. The number of aromatic nitrogens is 2. The average Bonchev–Trinajstić information content (AvgIpc) is 2.67. The van der Waals surface area contributed by atoms with E-state index in [9.17, 15) is 9.59 Å². The molecule has 1 aromatic heterocycles. The number of allylic oxidation sites excluding steroid dienone is 2. The van der Waals surface area contributed by atoms with Gasteiger partial charge in [-0.05, 0) is 22.8 Å². The number of carbonyl (C=O) groups is 2. The summed E-state index contributed by atoms with van der Waals surface area (Å²) in [6.45, 7) is 0. The Morgan fingerprint density at radius 2 is 1.56 bits per heavy atom. The van der Waals surface area contributed by atoms with Crippen molar-refractivity contribution in [2.75, 3.05) is 0 Å². The van der Waals surface area contributed by atoms with Crippen molar-refractivity contribution in [3.63, 3.8) is 0 Å². The number of carbonyl (C=O) groups excluding carboxylic acids is 2. The first-order valence-corrected chi connectivity index (χ1v) is 7.96. The van der Waals surface area contributed by atoms with Crippen LogP contribution in [0, 0.1) is 0 Å². The summed E-state index contributed by atoms with van der Waals surface area (Å²) in [7, 11) is 0. The van der Waals surface area contributed by atoms with E-state index >= 15 is 0 Å². The third-order valence-electron chi connectivity index (χ3n) is 4.24. The average molecular weight is 326 g/mol. The minimum Gasteiger partial charge on any atom is -0.289 e. The van der Waals surface area contributed by atoms with Crippen LogP contribution in [0.25, 0.3) is 11.1 Å². The van der Waals surface area contributed by atoms with Gasteiger partial charge in [0.05, 0.1) is 5.56 Å². The second kappa shape index (κ2) is 6.24. The van der Waals surface area contributed by atoms with Crippen molar-refractivity contribution in [2.45, 2.75) is 6.42 Å². The van der Waals surface area contributed by atoms with Crippen LogP contribution >= 0.6 is 0 Å². The molecule has 0 spiro atoms. The molecule has 4 heteroatoms. The summed E-state index contributed by atoms with van der Waals surface area (Å²) in [5, 5.41) is 0. The van der Waals surface area contributed by atoms with Crippen LogP contribution in [0.5, 0.6) is 0 Å². The van der Waals surface area contributed by atoms with Gasteiger partial charge in [0.25, 0.3) is 0 Å². The number of hydrogen-bond donors (Lipinski definition) is 0. The second-order valence-corrected chi connectivity index (χ2v) is 5.89. The number of hydrogen-bond acceptors (Lipinski definition) is 4. The third kappa shape index (κ3) is 2.90. The van der Waals surface area contributed by atoms with Crippen LogP contribution in [0.2, 0.25) is 0 Å². The van der Waals surface area contributed by atoms with Crippen LogP contribution in [-0.2, 0) is 6.42 Å². The molecule has 3 aromatic rings. The number of ketones is 2. The zero-order valence-electron chi connectivity index (χ0n) is 13.3. The predicted octanol–water partition coefficient (Wildman–Crippen LogP) is 3.69. The molecule has 1 aliphatic carbocycles. The van der Waals surface area contributed by atoms with E-state index in [4.69, 9.17) is 0 Å². The predicted molar refractivity (Wildman–Crippen MR) is 94.4 cm³/mol. The maximum absolute atomic E-state index is 12.6. The summed E-state index contributed by atoms with van der Waals surface area (Å²) in [5.41, 5.74) is 4.17. The van der Waals surface area contributed by atoms with E-state index in [0.717, 1.165) is 16.7 Å². The standard InChI is InChI=1S/C21H14N2O2/c24-19-11-17(21(25)18-12-22-13-23-20(18)19)10-14-6-8-16(9-7-14)15-4-2-1-3-5-15/h1-9,11-13H,10H2. The Hall–Kier alpha value is -3.40. The molecule has 0 aliphatic heterocycles. The maximum Gasteiger partial charge on any atom is 0.205 e. The molecule has 0 fully saturated rings. The van der Waals surface area contributed by atoms with E-state index in [1.165, 1.54) is 18.6 Å². The van der Waals surface area contributed by atoms with E-state index in [1.54, 1.807) is 0 Å². The molecule has 1 aliphatic rings. The Morgan fingerprint density at radius 1 is 0.840 bits per heavy atom. The van der Waals surface area contributed by atoms with Gasteiger partial charge in [-0.1, -0.05) is 54.6 Å². The Morgan fingerprint density at radius 3 is 2.32 bits per heavy atom. The lowest BCUT2D eigenvalue weighted by Gasteiger charge is -2.13. The fraction of sp³-hybridized carbons (Fsp3) is 0.0476. The third-order valence-corrected chi connectivity index (χ3v) is 4.24. The summed E-state index contributed by atoms with van der Waals surface area (Å²) in [5.74, 6) is -0.421. The van der Waals surface area contributed by atoms with E-state index < -0.39 is 0 Å². The van der Waals surface area contributed by atoms with E-state index in [0.29, 0.717) is 12.0 Å². The molecular formula is C21H14N2O2. The smallest absolute Gasteiger partial charge is 0.205 e. The Kier molecular flexibility index (Phi) is 3.78. The first-order chi connectivity index (χ1) is 12.2. The zero-order chi connectivity index (χ0) is 17.2. The van der Waals surface area contributed by atoms with Gasteiger partial charge in [0.1, 0.15) is 12.0 Å². The highest BCUT2D eigenvalue weighted by Gasteiger charge is 2.26. The zero-order valence-corrected chi connectivity index (χ0v) is 13.3. The van der Waals surface area contributed by atoms with Gasteiger partial charge in [-0.15, -0.1) is 0 Å². The van der Waals surface area contributed by atoms with Crippen LogP contribution in [-0.4, -0.2) is 21.5 Å². The highest BCUT2D eigenvalue weighted by molar-refractivity contribution is 6.23. The summed E-state index contributed by atoms with van der Waals surface area (Å²) < 4.78 is 0. The normalized spacial score (nSPS) is 13.4. The fourth-order valence-electron chi connectivity index (χ4n) is 2.95. The summed E-state index contributed by atoms with van der Waals surface area (Å²) in [4.78, 5) is 32.5. The van der Waals surface area contributed by atoms with Crippen molar-refractivity contribution < 1.29 is 9.59 Å². The first-order valence-electron chi connectivity index (χ1n) is 7.96. The molecule has 0 saturated carbocycles. The number of nitrogens with zero attached hydrogens (tertiary/aromatic N) is 2. The molecule has 0 radical (unpaired) electrons. The lowest BCUT2D eigenvalue weighted by molar-refractivity contribution is 0.0978. The quantitative estimate of drug-likeness (QED) is 0.736. The lowest BCUT2D eigenvalue weighted by Crippen LogP contribution is -2.20. The molecule has 0 atom stereocenters. The van der Waals surface area contributed by atoms with Crippen LogP contribution in [0.1, 0.15) is 26.4 Å². The van der Waals surface area contributed by atoms with Gasteiger partial charge in [0.15, 0.2) is 5.78 Å². The van der Waals surface area contributed by atoms with Gasteiger partial charge in [-0.25, -0.2) is 9.97 Å². The van der Waals surface area contributed by atoms with Crippen LogP contribution < -0.4 is 0 Å². The number of Topliss-reactive ketones (excluding diaryl/α,β-unsaturated/α-hetero) is 1. The van der Waals surface area contributed by atoms with Crippen LogP contribution in [0.15, 0.2) is 78.8 Å². The molecule has 120 valence electrons. The van der Waals surface area contributed by atoms with Gasteiger partial charge in [0, 0.05) is 18.2 Å². The van der Waals surface area contributed by atoms with Crippen molar-refractivity contribution >= 4 is 11.6 Å². The molecular weight excluding hydrogens is 312 g/mol. The molecule has 1 heterocycles. The molecule has 4 nitrogen and oxygen atoms in total.